The standard InChI is InChI=1S/C17H35N/c1-2-3-4-5-6-7-8-9-10-11-12-15-18-16-13-14-17-18/h2-17H2,1H3. The molecule has 0 N–H and O–H groups in total. The Morgan fingerprint density at radius 2 is 1.06 bits per heavy atom. The van der Waals surface area contributed by atoms with Crippen molar-refractivity contribution in [3.05, 3.63) is 0 Å². The van der Waals surface area contributed by atoms with E-state index in [1.165, 1.54) is 103 Å². The molecule has 1 saturated heterocycles. The van der Waals surface area contributed by atoms with Crippen LogP contribution in [0, 0.1) is 0 Å². The van der Waals surface area contributed by atoms with E-state index in [9.17, 15) is 0 Å². The quantitative estimate of drug-likeness (QED) is 0.421. The number of rotatable bonds is 12. The van der Waals surface area contributed by atoms with Crippen molar-refractivity contribution in [3.8, 4) is 0 Å². The van der Waals surface area contributed by atoms with Crippen molar-refractivity contribution in [1.82, 2.24) is 4.90 Å². The van der Waals surface area contributed by atoms with Crippen LogP contribution in [0.1, 0.15) is 90.4 Å². The van der Waals surface area contributed by atoms with Gasteiger partial charge in [-0.3, -0.25) is 0 Å². The summed E-state index contributed by atoms with van der Waals surface area (Å²) in [5.74, 6) is 0. The van der Waals surface area contributed by atoms with Gasteiger partial charge in [-0.2, -0.15) is 0 Å². The number of hydrogen-bond acceptors (Lipinski definition) is 1. The van der Waals surface area contributed by atoms with Crippen molar-refractivity contribution in [3.63, 3.8) is 0 Å². The molecule has 0 bridgehead atoms. The van der Waals surface area contributed by atoms with Crippen LogP contribution in [-0.4, -0.2) is 24.5 Å². The van der Waals surface area contributed by atoms with E-state index in [0.29, 0.717) is 0 Å². The summed E-state index contributed by atoms with van der Waals surface area (Å²) in [6, 6.07) is 0. The van der Waals surface area contributed by atoms with Gasteiger partial charge in [-0.05, 0) is 38.9 Å². The molecule has 0 atom stereocenters. The van der Waals surface area contributed by atoms with Crippen LogP contribution in [0.3, 0.4) is 0 Å². The van der Waals surface area contributed by atoms with E-state index >= 15 is 0 Å². The Kier molecular flexibility index (Phi) is 10.7. The van der Waals surface area contributed by atoms with Crippen LogP contribution in [0.4, 0.5) is 0 Å². The summed E-state index contributed by atoms with van der Waals surface area (Å²) in [6.07, 6.45) is 18.9. The van der Waals surface area contributed by atoms with Gasteiger partial charge in [0.1, 0.15) is 0 Å². The lowest BCUT2D eigenvalue weighted by Crippen LogP contribution is -2.20. The first-order valence-electron chi connectivity index (χ1n) is 8.66. The smallest absolute Gasteiger partial charge is 0.00183 e. The van der Waals surface area contributed by atoms with Crippen LogP contribution in [0.2, 0.25) is 0 Å². The normalized spacial score (nSPS) is 16.5. The van der Waals surface area contributed by atoms with Crippen LogP contribution in [0.15, 0.2) is 0 Å². The van der Waals surface area contributed by atoms with E-state index in [1.807, 2.05) is 0 Å². The van der Waals surface area contributed by atoms with Crippen molar-refractivity contribution in [1.29, 1.82) is 0 Å². The summed E-state index contributed by atoms with van der Waals surface area (Å²) in [4.78, 5) is 2.65. The largest absolute Gasteiger partial charge is 0.303 e. The first kappa shape index (κ1) is 16.0. The average Bonchev–Trinajstić information content (AvgIpc) is 2.89. The highest BCUT2D eigenvalue weighted by Gasteiger charge is 2.09. The van der Waals surface area contributed by atoms with Crippen LogP contribution >= 0.6 is 0 Å². The Morgan fingerprint density at radius 3 is 1.56 bits per heavy atom. The Balaban J connectivity index is 1.68. The molecule has 18 heavy (non-hydrogen) atoms. The molecule has 1 aliphatic heterocycles. The Morgan fingerprint density at radius 1 is 0.611 bits per heavy atom. The first-order valence-corrected chi connectivity index (χ1v) is 8.66. The zero-order valence-electron chi connectivity index (χ0n) is 12.8. The van der Waals surface area contributed by atoms with Crippen LogP contribution in [0.25, 0.3) is 0 Å². The fourth-order valence-corrected chi connectivity index (χ4v) is 3.01. The minimum absolute atomic E-state index is 1.37. The Hall–Kier alpha value is -0.0400. The topological polar surface area (TPSA) is 3.24 Å². The number of unbranched alkanes of at least 4 members (excludes halogenated alkanes) is 10. The zero-order chi connectivity index (χ0) is 12.9. The highest BCUT2D eigenvalue weighted by atomic mass is 15.1. The predicted octanol–water partition coefficient (Wildman–Crippen LogP) is 5.39. The second-order valence-corrected chi connectivity index (χ2v) is 6.08. The molecule has 0 aromatic rings. The van der Waals surface area contributed by atoms with Gasteiger partial charge in [0.15, 0.2) is 0 Å². The van der Waals surface area contributed by atoms with Gasteiger partial charge >= 0.3 is 0 Å². The summed E-state index contributed by atoms with van der Waals surface area (Å²) >= 11 is 0. The molecule has 0 aromatic carbocycles. The van der Waals surface area contributed by atoms with Crippen LogP contribution in [-0.2, 0) is 0 Å². The van der Waals surface area contributed by atoms with Gasteiger partial charge in [0.25, 0.3) is 0 Å². The number of hydrogen-bond donors (Lipinski definition) is 0. The maximum atomic E-state index is 2.65. The molecule has 1 nitrogen and oxygen atoms in total. The van der Waals surface area contributed by atoms with E-state index in [-0.39, 0.29) is 0 Å². The van der Waals surface area contributed by atoms with Gasteiger partial charge in [-0.15, -0.1) is 0 Å². The number of likely N-dealkylation sites (tertiary alicyclic amines) is 1. The molecule has 1 fully saturated rings. The molecule has 108 valence electrons. The zero-order valence-corrected chi connectivity index (χ0v) is 12.8. The minimum atomic E-state index is 1.37. The predicted molar refractivity (Wildman–Crippen MR) is 82.1 cm³/mol. The Labute approximate surface area is 115 Å². The third kappa shape index (κ3) is 8.97. The van der Waals surface area contributed by atoms with Gasteiger partial charge in [-0.1, -0.05) is 71.1 Å². The highest BCUT2D eigenvalue weighted by molar-refractivity contribution is 4.65. The maximum absolute atomic E-state index is 2.65. The van der Waals surface area contributed by atoms with Crippen molar-refractivity contribution < 1.29 is 0 Å². The van der Waals surface area contributed by atoms with E-state index in [2.05, 4.69) is 11.8 Å². The molecule has 0 amide bonds. The van der Waals surface area contributed by atoms with Gasteiger partial charge in [0.05, 0.1) is 0 Å². The molecule has 0 saturated carbocycles. The summed E-state index contributed by atoms with van der Waals surface area (Å²) in [5, 5.41) is 0. The van der Waals surface area contributed by atoms with E-state index in [1.54, 1.807) is 0 Å². The monoisotopic (exact) mass is 253 g/mol. The van der Waals surface area contributed by atoms with Crippen molar-refractivity contribution in [2.24, 2.45) is 0 Å². The fraction of sp³-hybridized carbons (Fsp3) is 1.00. The SMILES string of the molecule is CCCCCCCCCCCCCN1CCCC1. The molecular weight excluding hydrogens is 218 g/mol. The molecule has 1 heteroatoms. The minimum Gasteiger partial charge on any atom is -0.303 e. The molecule has 0 aliphatic carbocycles. The summed E-state index contributed by atoms with van der Waals surface area (Å²) in [5.41, 5.74) is 0. The van der Waals surface area contributed by atoms with E-state index < -0.39 is 0 Å². The second kappa shape index (κ2) is 12.0. The lowest BCUT2D eigenvalue weighted by Gasteiger charge is -2.13. The van der Waals surface area contributed by atoms with Gasteiger partial charge in [0, 0.05) is 0 Å². The lowest BCUT2D eigenvalue weighted by molar-refractivity contribution is 0.327. The van der Waals surface area contributed by atoms with Crippen molar-refractivity contribution in [2.75, 3.05) is 19.6 Å². The van der Waals surface area contributed by atoms with Crippen LogP contribution in [0.5, 0.6) is 0 Å². The molecule has 1 aliphatic rings. The third-order valence-electron chi connectivity index (χ3n) is 4.28. The summed E-state index contributed by atoms with van der Waals surface area (Å²) in [7, 11) is 0. The molecule has 0 unspecified atom stereocenters. The summed E-state index contributed by atoms with van der Waals surface area (Å²) in [6.45, 7) is 6.41. The molecule has 0 radical (unpaired) electrons. The van der Waals surface area contributed by atoms with Crippen molar-refractivity contribution in [2.45, 2.75) is 90.4 Å². The van der Waals surface area contributed by atoms with Gasteiger partial charge in [-0.25, -0.2) is 0 Å². The molecular formula is C17H35N. The van der Waals surface area contributed by atoms with Gasteiger partial charge < -0.3 is 4.90 Å². The molecule has 0 spiro atoms. The maximum Gasteiger partial charge on any atom is -0.00183 e. The number of nitrogens with zero attached hydrogens (tertiary/aromatic N) is 1. The second-order valence-electron chi connectivity index (χ2n) is 6.08. The third-order valence-corrected chi connectivity index (χ3v) is 4.28. The molecule has 0 aromatic heterocycles. The van der Waals surface area contributed by atoms with E-state index in [0.717, 1.165) is 0 Å². The lowest BCUT2D eigenvalue weighted by atomic mass is 10.1. The molecule has 1 rings (SSSR count). The first-order chi connectivity index (χ1) is 8.93. The van der Waals surface area contributed by atoms with Crippen molar-refractivity contribution >= 4 is 0 Å². The summed E-state index contributed by atoms with van der Waals surface area (Å²) < 4.78 is 0. The fourth-order valence-electron chi connectivity index (χ4n) is 3.01. The highest BCUT2D eigenvalue weighted by Crippen LogP contribution is 2.12. The average molecular weight is 253 g/mol. The van der Waals surface area contributed by atoms with Crippen LogP contribution < -0.4 is 0 Å². The molecule has 1 heterocycles. The Bertz CT molecular complexity index is 161. The van der Waals surface area contributed by atoms with E-state index in [4.69, 9.17) is 0 Å². The van der Waals surface area contributed by atoms with Gasteiger partial charge in [0.2, 0.25) is 0 Å².